The van der Waals surface area contributed by atoms with Crippen molar-refractivity contribution >= 4 is 17.3 Å². The van der Waals surface area contributed by atoms with E-state index in [0.29, 0.717) is 12.1 Å². The summed E-state index contributed by atoms with van der Waals surface area (Å²) in [6.07, 6.45) is 2.47. The first-order valence-corrected chi connectivity index (χ1v) is 6.78. The van der Waals surface area contributed by atoms with Gasteiger partial charge in [0, 0.05) is 30.4 Å². The summed E-state index contributed by atoms with van der Waals surface area (Å²) in [4.78, 5) is 11.6. The van der Waals surface area contributed by atoms with Crippen molar-refractivity contribution in [2.45, 2.75) is 38.8 Å². The minimum Gasteiger partial charge on any atom is -0.382 e. The number of hydrogen-bond donors (Lipinski definition) is 2. The number of ether oxygens (including phenoxy) is 1. The smallest absolute Gasteiger partial charge is 0.226 e. The molecule has 1 amide bonds. The quantitative estimate of drug-likeness (QED) is 0.858. The number of carbonyl (C=O) groups is 1. The van der Waals surface area contributed by atoms with Gasteiger partial charge in [0.25, 0.3) is 0 Å². The molecule has 0 atom stereocenters. The Kier molecular flexibility index (Phi) is 4.43. The van der Waals surface area contributed by atoms with Gasteiger partial charge in [-0.3, -0.25) is 4.79 Å². The first-order valence-electron chi connectivity index (χ1n) is 6.78. The van der Waals surface area contributed by atoms with E-state index in [1.807, 2.05) is 38.1 Å². The Bertz CT molecular complexity index is 440. The van der Waals surface area contributed by atoms with Gasteiger partial charge in [-0.1, -0.05) is 19.9 Å². The molecule has 1 aromatic rings. The van der Waals surface area contributed by atoms with E-state index in [-0.39, 0.29) is 11.8 Å². The van der Waals surface area contributed by atoms with Crippen molar-refractivity contribution in [2.75, 3.05) is 17.7 Å². The number of nitrogens with one attached hydrogen (secondary N) is 2. The van der Waals surface area contributed by atoms with E-state index in [9.17, 15) is 4.79 Å². The van der Waals surface area contributed by atoms with Gasteiger partial charge in [0.1, 0.15) is 0 Å². The molecule has 1 aliphatic rings. The van der Waals surface area contributed by atoms with Crippen LogP contribution < -0.4 is 10.6 Å². The molecule has 4 nitrogen and oxygen atoms in total. The van der Waals surface area contributed by atoms with Crippen LogP contribution in [-0.4, -0.2) is 25.2 Å². The number of rotatable bonds is 5. The molecular formula is C15H22N2O2. The Labute approximate surface area is 114 Å². The second kappa shape index (κ2) is 6.06. The molecule has 1 saturated carbocycles. The van der Waals surface area contributed by atoms with Crippen LogP contribution in [0, 0.1) is 5.92 Å². The summed E-state index contributed by atoms with van der Waals surface area (Å²) in [5, 5.41) is 6.36. The first-order chi connectivity index (χ1) is 9.08. The molecule has 2 rings (SSSR count). The van der Waals surface area contributed by atoms with Gasteiger partial charge in [0.15, 0.2) is 0 Å². The van der Waals surface area contributed by atoms with Crippen molar-refractivity contribution in [3.05, 3.63) is 24.3 Å². The lowest BCUT2D eigenvalue weighted by atomic mass is 9.89. The van der Waals surface area contributed by atoms with E-state index in [2.05, 4.69) is 10.6 Å². The lowest BCUT2D eigenvalue weighted by Crippen LogP contribution is -2.40. The van der Waals surface area contributed by atoms with E-state index < -0.39 is 0 Å². The van der Waals surface area contributed by atoms with E-state index >= 15 is 0 Å². The lowest BCUT2D eigenvalue weighted by molar-refractivity contribution is -0.118. The predicted octanol–water partition coefficient (Wildman–Crippen LogP) is 2.87. The third-order valence-corrected chi connectivity index (χ3v) is 3.45. The molecule has 0 unspecified atom stereocenters. The molecular weight excluding hydrogens is 240 g/mol. The van der Waals surface area contributed by atoms with Crippen molar-refractivity contribution in [3.63, 3.8) is 0 Å². The SMILES string of the molecule is COC1CC(Nc2cccc(NC(=O)C(C)C)c2)C1. The van der Waals surface area contributed by atoms with Gasteiger partial charge in [-0.2, -0.15) is 0 Å². The van der Waals surface area contributed by atoms with E-state index in [1.165, 1.54) is 0 Å². The van der Waals surface area contributed by atoms with Gasteiger partial charge in [-0.15, -0.1) is 0 Å². The highest BCUT2D eigenvalue weighted by Gasteiger charge is 2.28. The molecule has 4 heteroatoms. The molecule has 104 valence electrons. The minimum atomic E-state index is -0.00860. The summed E-state index contributed by atoms with van der Waals surface area (Å²) >= 11 is 0. The van der Waals surface area contributed by atoms with Gasteiger partial charge in [0.2, 0.25) is 5.91 Å². The molecule has 0 aliphatic heterocycles. The summed E-state index contributed by atoms with van der Waals surface area (Å²) < 4.78 is 5.26. The average molecular weight is 262 g/mol. The molecule has 0 aromatic heterocycles. The summed E-state index contributed by atoms with van der Waals surface area (Å²) in [6, 6.07) is 8.32. The number of hydrogen-bond acceptors (Lipinski definition) is 3. The van der Waals surface area contributed by atoms with Crippen LogP contribution in [0.5, 0.6) is 0 Å². The largest absolute Gasteiger partial charge is 0.382 e. The van der Waals surface area contributed by atoms with Crippen LogP contribution in [0.3, 0.4) is 0 Å². The molecule has 19 heavy (non-hydrogen) atoms. The van der Waals surface area contributed by atoms with Crippen LogP contribution in [0.2, 0.25) is 0 Å². The standard InChI is InChI=1S/C15H22N2O2/c1-10(2)15(18)17-12-6-4-5-11(7-12)16-13-8-14(9-13)19-3/h4-7,10,13-14,16H,8-9H2,1-3H3,(H,17,18). The number of amides is 1. The lowest BCUT2D eigenvalue weighted by Gasteiger charge is -2.35. The monoisotopic (exact) mass is 262 g/mol. The van der Waals surface area contributed by atoms with Gasteiger partial charge >= 0.3 is 0 Å². The fourth-order valence-electron chi connectivity index (χ4n) is 2.08. The van der Waals surface area contributed by atoms with Crippen LogP contribution in [0.1, 0.15) is 26.7 Å². The number of methoxy groups -OCH3 is 1. The first kappa shape index (κ1) is 13.9. The van der Waals surface area contributed by atoms with Crippen LogP contribution >= 0.6 is 0 Å². The number of benzene rings is 1. The summed E-state index contributed by atoms with van der Waals surface area (Å²) in [6.45, 7) is 3.77. The van der Waals surface area contributed by atoms with Crippen LogP contribution in [0.25, 0.3) is 0 Å². The van der Waals surface area contributed by atoms with Crippen molar-refractivity contribution < 1.29 is 9.53 Å². The second-order valence-corrected chi connectivity index (χ2v) is 5.40. The minimum absolute atomic E-state index is 0.00860. The van der Waals surface area contributed by atoms with Crippen LogP contribution in [-0.2, 0) is 9.53 Å². The van der Waals surface area contributed by atoms with Crippen LogP contribution in [0.15, 0.2) is 24.3 Å². The Hall–Kier alpha value is -1.55. The molecule has 1 aromatic carbocycles. The maximum Gasteiger partial charge on any atom is 0.226 e. The molecule has 2 N–H and O–H groups in total. The van der Waals surface area contributed by atoms with Crippen molar-refractivity contribution in [2.24, 2.45) is 5.92 Å². The van der Waals surface area contributed by atoms with Gasteiger partial charge in [-0.05, 0) is 31.0 Å². The van der Waals surface area contributed by atoms with E-state index in [1.54, 1.807) is 7.11 Å². The maximum atomic E-state index is 11.6. The molecule has 0 saturated heterocycles. The fourth-order valence-corrected chi connectivity index (χ4v) is 2.08. The Morgan fingerprint density at radius 2 is 2.00 bits per heavy atom. The average Bonchev–Trinajstić information content (AvgIpc) is 2.33. The summed E-state index contributed by atoms with van der Waals surface area (Å²) in [7, 11) is 1.75. The number of anilines is 2. The van der Waals surface area contributed by atoms with Gasteiger partial charge in [0.05, 0.1) is 6.10 Å². The van der Waals surface area contributed by atoms with Crippen molar-refractivity contribution in [1.29, 1.82) is 0 Å². The van der Waals surface area contributed by atoms with Crippen LogP contribution in [0.4, 0.5) is 11.4 Å². The van der Waals surface area contributed by atoms with Gasteiger partial charge < -0.3 is 15.4 Å². The van der Waals surface area contributed by atoms with Crippen molar-refractivity contribution in [3.8, 4) is 0 Å². The molecule has 1 fully saturated rings. The molecule has 0 radical (unpaired) electrons. The highest BCUT2D eigenvalue weighted by molar-refractivity contribution is 5.92. The zero-order valence-corrected chi connectivity index (χ0v) is 11.8. The fraction of sp³-hybridized carbons (Fsp3) is 0.533. The predicted molar refractivity (Wildman–Crippen MR) is 77.4 cm³/mol. The zero-order chi connectivity index (χ0) is 13.8. The normalized spacial score (nSPS) is 21.9. The molecule has 0 bridgehead atoms. The highest BCUT2D eigenvalue weighted by atomic mass is 16.5. The van der Waals surface area contributed by atoms with Crippen molar-refractivity contribution in [1.82, 2.24) is 0 Å². The summed E-state index contributed by atoms with van der Waals surface area (Å²) in [5.74, 6) is 0.0333. The van der Waals surface area contributed by atoms with Gasteiger partial charge in [-0.25, -0.2) is 0 Å². The second-order valence-electron chi connectivity index (χ2n) is 5.40. The summed E-state index contributed by atoms with van der Waals surface area (Å²) in [5.41, 5.74) is 1.88. The zero-order valence-electron chi connectivity index (χ0n) is 11.8. The molecule has 0 heterocycles. The third kappa shape index (κ3) is 3.70. The van der Waals surface area contributed by atoms with E-state index in [4.69, 9.17) is 4.74 Å². The Balaban J connectivity index is 1.90. The third-order valence-electron chi connectivity index (χ3n) is 3.45. The topological polar surface area (TPSA) is 50.4 Å². The Morgan fingerprint density at radius 1 is 1.32 bits per heavy atom. The maximum absolute atomic E-state index is 11.6. The number of carbonyl (C=O) groups excluding carboxylic acids is 1. The Morgan fingerprint density at radius 3 is 2.63 bits per heavy atom. The van der Waals surface area contributed by atoms with E-state index in [0.717, 1.165) is 24.2 Å². The highest BCUT2D eigenvalue weighted by Crippen LogP contribution is 2.27. The molecule has 1 aliphatic carbocycles. The molecule has 0 spiro atoms.